The fourth-order valence-electron chi connectivity index (χ4n) is 4.40. The van der Waals surface area contributed by atoms with Crippen molar-refractivity contribution in [3.8, 4) is 34.3 Å². The molecule has 1 N–H and O–H groups in total. The lowest BCUT2D eigenvalue weighted by Crippen LogP contribution is -2.56. The summed E-state index contributed by atoms with van der Waals surface area (Å²) in [4.78, 5) is 27.0. The van der Waals surface area contributed by atoms with Crippen molar-refractivity contribution in [2.75, 3.05) is 34.4 Å². The van der Waals surface area contributed by atoms with E-state index in [1.165, 1.54) is 6.07 Å². The standard InChI is InChI=1S/C25H28N4O6/c1-14-7-17(10-23(30)29(14)16-5-6-16)35-18-12-28(13-18)25(31)20-11-19(26-27-20)15-8-21(32-2)24(34-4)22(9-15)33-3/h7-11,16,18H,5-6,12-13H2,1-4H3,(H,26,27). The number of carbonyl (C=O) groups excluding carboxylic acids is 1. The van der Waals surface area contributed by atoms with Crippen LogP contribution < -0.4 is 24.5 Å². The third kappa shape index (κ3) is 4.31. The fourth-order valence-corrected chi connectivity index (χ4v) is 4.40. The Hall–Kier alpha value is -3.95. The summed E-state index contributed by atoms with van der Waals surface area (Å²) in [6.45, 7) is 2.79. The number of aryl methyl sites for hydroxylation is 1. The third-order valence-electron chi connectivity index (χ3n) is 6.35. The number of methoxy groups -OCH3 is 3. The summed E-state index contributed by atoms with van der Waals surface area (Å²) in [5.41, 5.74) is 2.53. The Balaban J connectivity index is 1.24. The molecule has 35 heavy (non-hydrogen) atoms. The molecule has 0 bridgehead atoms. The zero-order valence-electron chi connectivity index (χ0n) is 20.2. The SMILES string of the molecule is COc1cc(-c2cc(C(=O)N3CC(Oc4cc(C)n(C5CC5)c(=O)c4)C3)[nH]n2)cc(OC)c1OC. The Morgan fingerprint density at radius 2 is 1.69 bits per heavy atom. The molecule has 1 amide bonds. The second-order valence-corrected chi connectivity index (χ2v) is 8.80. The summed E-state index contributed by atoms with van der Waals surface area (Å²) in [6, 6.07) is 9.00. The minimum absolute atomic E-state index is 0.0356. The number of pyridine rings is 1. The van der Waals surface area contributed by atoms with E-state index in [-0.39, 0.29) is 17.6 Å². The molecule has 0 spiro atoms. The van der Waals surface area contributed by atoms with Crippen LogP contribution in [0.3, 0.4) is 0 Å². The summed E-state index contributed by atoms with van der Waals surface area (Å²) >= 11 is 0. The first-order chi connectivity index (χ1) is 16.9. The molecule has 10 heteroatoms. The van der Waals surface area contributed by atoms with E-state index in [1.807, 2.05) is 17.6 Å². The molecule has 0 radical (unpaired) electrons. The number of hydrogen-bond acceptors (Lipinski definition) is 7. The van der Waals surface area contributed by atoms with Gasteiger partial charge in [-0.2, -0.15) is 5.10 Å². The largest absolute Gasteiger partial charge is 0.493 e. The maximum Gasteiger partial charge on any atom is 0.272 e. The highest BCUT2D eigenvalue weighted by atomic mass is 16.5. The van der Waals surface area contributed by atoms with Gasteiger partial charge in [-0.25, -0.2) is 0 Å². The molecule has 0 atom stereocenters. The molecule has 3 heterocycles. The Morgan fingerprint density at radius 3 is 2.26 bits per heavy atom. The molecule has 5 rings (SSSR count). The number of aromatic nitrogens is 3. The van der Waals surface area contributed by atoms with Crippen LogP contribution in [-0.4, -0.2) is 66.1 Å². The summed E-state index contributed by atoms with van der Waals surface area (Å²) in [6.07, 6.45) is 1.94. The number of carbonyl (C=O) groups is 1. The lowest BCUT2D eigenvalue weighted by Gasteiger charge is -2.38. The maximum absolute atomic E-state index is 12.9. The summed E-state index contributed by atoms with van der Waals surface area (Å²) in [5.74, 6) is 1.86. The molecule has 0 unspecified atom stereocenters. The number of ether oxygens (including phenoxy) is 4. The molecule has 1 aromatic carbocycles. The number of benzene rings is 1. The third-order valence-corrected chi connectivity index (χ3v) is 6.35. The predicted octanol–water partition coefficient (Wildman–Crippen LogP) is 2.81. The van der Waals surface area contributed by atoms with Gasteiger partial charge in [0, 0.05) is 23.4 Å². The molecule has 3 aromatic rings. The van der Waals surface area contributed by atoms with E-state index in [1.54, 1.807) is 44.4 Å². The minimum atomic E-state index is -0.170. The molecule has 10 nitrogen and oxygen atoms in total. The molecule has 1 aliphatic heterocycles. The molecule has 1 saturated carbocycles. The monoisotopic (exact) mass is 480 g/mol. The van der Waals surface area contributed by atoms with Gasteiger partial charge in [0.2, 0.25) is 5.75 Å². The lowest BCUT2D eigenvalue weighted by molar-refractivity contribution is 0.0172. The van der Waals surface area contributed by atoms with Crippen molar-refractivity contribution in [3.05, 3.63) is 52.1 Å². The van der Waals surface area contributed by atoms with Gasteiger partial charge in [0.25, 0.3) is 11.5 Å². The first-order valence-electron chi connectivity index (χ1n) is 11.5. The number of nitrogens with one attached hydrogen (secondary N) is 1. The normalized spacial score (nSPS) is 15.5. The van der Waals surface area contributed by atoms with Gasteiger partial charge in [0.05, 0.1) is 40.1 Å². The van der Waals surface area contributed by atoms with E-state index < -0.39 is 0 Å². The van der Waals surface area contributed by atoms with Crippen molar-refractivity contribution in [3.63, 3.8) is 0 Å². The van der Waals surface area contributed by atoms with E-state index in [4.69, 9.17) is 18.9 Å². The van der Waals surface area contributed by atoms with Gasteiger partial charge >= 0.3 is 0 Å². The molecule has 184 valence electrons. The van der Waals surface area contributed by atoms with Crippen molar-refractivity contribution in [2.45, 2.75) is 31.9 Å². The number of aromatic amines is 1. The van der Waals surface area contributed by atoms with Gasteiger partial charge in [-0.15, -0.1) is 0 Å². The van der Waals surface area contributed by atoms with Crippen LogP contribution in [0.1, 0.15) is 35.1 Å². The summed E-state index contributed by atoms with van der Waals surface area (Å²) < 4.78 is 24.0. The van der Waals surface area contributed by atoms with Crippen LogP contribution in [0.4, 0.5) is 0 Å². The highest BCUT2D eigenvalue weighted by molar-refractivity contribution is 5.94. The van der Waals surface area contributed by atoms with Crippen LogP contribution >= 0.6 is 0 Å². The maximum atomic E-state index is 12.9. The summed E-state index contributed by atoms with van der Waals surface area (Å²) in [5, 5.41) is 7.12. The van der Waals surface area contributed by atoms with Gasteiger partial charge in [-0.05, 0) is 44.0 Å². The number of likely N-dealkylation sites (tertiary alicyclic amines) is 1. The quantitative estimate of drug-likeness (QED) is 0.528. The highest BCUT2D eigenvalue weighted by Crippen LogP contribution is 2.41. The van der Waals surface area contributed by atoms with E-state index >= 15 is 0 Å². The molecule has 1 saturated heterocycles. The van der Waals surface area contributed by atoms with Gasteiger partial charge in [0.1, 0.15) is 17.5 Å². The first kappa shape index (κ1) is 22.8. The van der Waals surface area contributed by atoms with Gasteiger partial charge in [0.15, 0.2) is 11.5 Å². The van der Waals surface area contributed by atoms with Crippen LogP contribution in [0.5, 0.6) is 23.0 Å². The highest BCUT2D eigenvalue weighted by Gasteiger charge is 2.34. The Bertz CT molecular complexity index is 1290. The minimum Gasteiger partial charge on any atom is -0.493 e. The van der Waals surface area contributed by atoms with Crippen molar-refractivity contribution in [1.29, 1.82) is 0 Å². The Kier molecular flexibility index (Phi) is 5.88. The van der Waals surface area contributed by atoms with Crippen LogP contribution in [-0.2, 0) is 0 Å². The molecule has 2 aliphatic rings. The van der Waals surface area contributed by atoms with Crippen molar-refractivity contribution in [1.82, 2.24) is 19.7 Å². The molecular formula is C25H28N4O6. The Morgan fingerprint density at radius 1 is 1.00 bits per heavy atom. The second kappa shape index (κ2) is 9.01. The second-order valence-electron chi connectivity index (χ2n) is 8.80. The molecule has 2 aromatic heterocycles. The zero-order valence-corrected chi connectivity index (χ0v) is 20.2. The lowest BCUT2D eigenvalue weighted by atomic mass is 10.1. The van der Waals surface area contributed by atoms with Crippen LogP contribution in [0.15, 0.2) is 35.1 Å². The van der Waals surface area contributed by atoms with Crippen molar-refractivity contribution in [2.24, 2.45) is 0 Å². The van der Waals surface area contributed by atoms with Crippen molar-refractivity contribution >= 4 is 5.91 Å². The van der Waals surface area contributed by atoms with Gasteiger partial charge in [-0.1, -0.05) is 0 Å². The van der Waals surface area contributed by atoms with Crippen LogP contribution in [0, 0.1) is 6.92 Å². The topological polar surface area (TPSA) is 108 Å². The fraction of sp³-hybridized carbons (Fsp3) is 0.400. The summed E-state index contributed by atoms with van der Waals surface area (Å²) in [7, 11) is 4.63. The van der Waals surface area contributed by atoms with E-state index in [0.717, 1.165) is 24.1 Å². The smallest absolute Gasteiger partial charge is 0.272 e. The number of nitrogens with zero attached hydrogens (tertiary/aromatic N) is 3. The van der Waals surface area contributed by atoms with Crippen LogP contribution in [0.25, 0.3) is 11.3 Å². The van der Waals surface area contributed by atoms with E-state index in [9.17, 15) is 9.59 Å². The number of hydrogen-bond donors (Lipinski definition) is 1. The molecule has 1 aliphatic carbocycles. The van der Waals surface area contributed by atoms with Crippen molar-refractivity contribution < 1.29 is 23.7 Å². The average molecular weight is 481 g/mol. The molecular weight excluding hydrogens is 452 g/mol. The first-order valence-corrected chi connectivity index (χ1v) is 11.5. The predicted molar refractivity (Wildman–Crippen MR) is 128 cm³/mol. The van der Waals surface area contributed by atoms with Gasteiger partial charge in [-0.3, -0.25) is 14.7 Å². The zero-order chi connectivity index (χ0) is 24.7. The van der Waals surface area contributed by atoms with E-state index in [0.29, 0.717) is 53.5 Å². The number of H-pyrrole nitrogens is 1. The Labute approximate surface area is 202 Å². The van der Waals surface area contributed by atoms with Crippen LogP contribution in [0.2, 0.25) is 0 Å². The number of rotatable bonds is 8. The van der Waals surface area contributed by atoms with Gasteiger partial charge < -0.3 is 28.4 Å². The molecule has 2 fully saturated rings. The number of amides is 1. The average Bonchev–Trinajstić information content (AvgIpc) is 3.52. The van der Waals surface area contributed by atoms with E-state index in [2.05, 4.69) is 10.2 Å².